The molecule has 1 aliphatic heterocycles. The highest BCUT2D eigenvalue weighted by atomic mass is 32.2. The van der Waals surface area contributed by atoms with E-state index < -0.39 is 21.0 Å². The molecule has 1 spiro atoms. The predicted octanol–water partition coefficient (Wildman–Crippen LogP) is 3.31. The molecule has 0 bridgehead atoms. The fourth-order valence-corrected chi connectivity index (χ4v) is 5.58. The second-order valence-electron chi connectivity index (χ2n) is 9.51. The van der Waals surface area contributed by atoms with Crippen molar-refractivity contribution < 1.29 is 22.7 Å². The van der Waals surface area contributed by atoms with Gasteiger partial charge >= 0.3 is 0 Å². The molecule has 1 aliphatic carbocycles. The summed E-state index contributed by atoms with van der Waals surface area (Å²) in [6, 6.07) is 12.3. The quantitative estimate of drug-likeness (QED) is 0.540. The molecule has 1 saturated heterocycles. The Hall–Kier alpha value is -3.59. The number of ether oxygens (including phenoxy) is 2. The van der Waals surface area contributed by atoms with Gasteiger partial charge in [-0.1, -0.05) is 0 Å². The van der Waals surface area contributed by atoms with Crippen LogP contribution in [0.5, 0.6) is 0 Å². The van der Waals surface area contributed by atoms with E-state index in [-0.39, 0.29) is 10.8 Å². The largest absolute Gasteiger partial charge is 0.348 e. The number of aromatic nitrogens is 3. The Morgan fingerprint density at radius 2 is 1.73 bits per heavy atom. The van der Waals surface area contributed by atoms with E-state index in [9.17, 15) is 18.5 Å². The van der Waals surface area contributed by atoms with E-state index in [0.29, 0.717) is 67.2 Å². The molecule has 5 rings (SSSR count). The van der Waals surface area contributed by atoms with Crippen molar-refractivity contribution in [3.63, 3.8) is 0 Å². The number of hydrogen-bond donors (Lipinski definition) is 1. The van der Waals surface area contributed by atoms with Gasteiger partial charge in [0.2, 0.25) is 0 Å². The van der Waals surface area contributed by atoms with Gasteiger partial charge < -0.3 is 14.8 Å². The van der Waals surface area contributed by atoms with Gasteiger partial charge in [-0.25, -0.2) is 13.1 Å². The Labute approximate surface area is 215 Å². The van der Waals surface area contributed by atoms with E-state index in [1.165, 1.54) is 18.3 Å². The van der Waals surface area contributed by atoms with Gasteiger partial charge in [0.15, 0.2) is 15.6 Å². The van der Waals surface area contributed by atoms with Crippen LogP contribution >= 0.6 is 0 Å². The predicted molar refractivity (Wildman–Crippen MR) is 134 cm³/mol. The molecule has 192 valence electrons. The van der Waals surface area contributed by atoms with E-state index >= 15 is 0 Å². The molecule has 11 heteroatoms. The highest BCUT2D eigenvalue weighted by molar-refractivity contribution is 7.90. The Morgan fingerprint density at radius 3 is 2.30 bits per heavy atom. The van der Waals surface area contributed by atoms with Crippen LogP contribution in [0, 0.1) is 18.3 Å². The standard InChI is InChI=1S/C26H27N5O5S/c1-18-22(16-29-31(18)20-4-6-21(7-5-20)37(2,33)34)24(32)30-19-3-8-23(28-15-19)25(17-27)9-11-26(12-10-25)35-13-14-36-26/h3-8,15-16H,9-14H2,1-2H3,(H,30,32). The summed E-state index contributed by atoms with van der Waals surface area (Å²) >= 11 is 0. The van der Waals surface area contributed by atoms with Crippen molar-refractivity contribution in [1.82, 2.24) is 14.8 Å². The summed E-state index contributed by atoms with van der Waals surface area (Å²) < 4.78 is 36.6. The van der Waals surface area contributed by atoms with E-state index in [0.717, 1.165) is 6.26 Å². The number of nitrogens with one attached hydrogen (secondary N) is 1. The lowest BCUT2D eigenvalue weighted by Gasteiger charge is -2.39. The lowest BCUT2D eigenvalue weighted by Crippen LogP contribution is -2.41. The van der Waals surface area contributed by atoms with Gasteiger partial charge in [-0.05, 0) is 56.2 Å². The van der Waals surface area contributed by atoms with E-state index in [2.05, 4.69) is 21.5 Å². The lowest BCUT2D eigenvalue weighted by atomic mass is 9.70. The molecule has 2 aliphatic rings. The topological polar surface area (TPSA) is 136 Å². The molecule has 2 aromatic heterocycles. The van der Waals surface area contributed by atoms with Crippen LogP contribution in [-0.2, 0) is 24.7 Å². The Morgan fingerprint density at radius 1 is 1.05 bits per heavy atom. The molecule has 0 radical (unpaired) electrons. The van der Waals surface area contributed by atoms with Gasteiger partial charge in [-0.15, -0.1) is 0 Å². The summed E-state index contributed by atoms with van der Waals surface area (Å²) in [4.78, 5) is 17.7. The fourth-order valence-electron chi connectivity index (χ4n) is 4.95. The number of sulfone groups is 1. The van der Waals surface area contributed by atoms with Crippen molar-refractivity contribution in [2.45, 2.75) is 48.7 Å². The first-order valence-electron chi connectivity index (χ1n) is 12.0. The third-order valence-corrected chi connectivity index (χ3v) is 8.30. The molecular weight excluding hydrogens is 494 g/mol. The minimum Gasteiger partial charge on any atom is -0.348 e. The maximum absolute atomic E-state index is 13.0. The van der Waals surface area contributed by atoms with E-state index in [1.54, 1.807) is 42.1 Å². The second-order valence-corrected chi connectivity index (χ2v) is 11.5. The average molecular weight is 522 g/mol. The van der Waals surface area contributed by atoms with Crippen molar-refractivity contribution in [3.05, 3.63) is 65.7 Å². The van der Waals surface area contributed by atoms with Gasteiger partial charge in [0.25, 0.3) is 5.91 Å². The molecule has 1 N–H and O–H groups in total. The molecule has 3 aromatic rings. The maximum atomic E-state index is 13.0. The number of amides is 1. The second kappa shape index (κ2) is 9.37. The minimum atomic E-state index is -3.30. The van der Waals surface area contributed by atoms with Crippen molar-refractivity contribution in [3.8, 4) is 11.8 Å². The van der Waals surface area contributed by atoms with Crippen LogP contribution in [0.1, 0.15) is 47.4 Å². The normalized spacial score (nSPS) is 18.4. The molecule has 1 amide bonds. The van der Waals surface area contributed by atoms with Crippen LogP contribution in [0.15, 0.2) is 53.7 Å². The summed E-state index contributed by atoms with van der Waals surface area (Å²) in [6.45, 7) is 2.93. The van der Waals surface area contributed by atoms with Crippen LogP contribution in [-0.4, -0.2) is 54.3 Å². The SMILES string of the molecule is Cc1c(C(=O)Nc2ccc(C3(C#N)CCC4(CC3)OCCO4)nc2)cnn1-c1ccc(S(C)(=O)=O)cc1. The first kappa shape index (κ1) is 25.1. The van der Waals surface area contributed by atoms with Crippen molar-refractivity contribution in [2.75, 3.05) is 24.8 Å². The minimum absolute atomic E-state index is 0.209. The highest BCUT2D eigenvalue weighted by Crippen LogP contribution is 2.45. The highest BCUT2D eigenvalue weighted by Gasteiger charge is 2.48. The number of benzene rings is 1. The van der Waals surface area contributed by atoms with Crippen molar-refractivity contribution in [1.29, 1.82) is 5.26 Å². The molecule has 1 saturated carbocycles. The zero-order valence-corrected chi connectivity index (χ0v) is 21.4. The van der Waals surface area contributed by atoms with Crippen LogP contribution in [0.25, 0.3) is 5.69 Å². The number of nitriles is 1. The fraction of sp³-hybridized carbons (Fsp3) is 0.385. The maximum Gasteiger partial charge on any atom is 0.259 e. The van der Waals surface area contributed by atoms with Gasteiger partial charge in [0.05, 0.1) is 70.3 Å². The Balaban J connectivity index is 1.28. The zero-order valence-electron chi connectivity index (χ0n) is 20.6. The summed E-state index contributed by atoms with van der Waals surface area (Å²) in [5.74, 6) is -0.914. The number of hydrogen-bond acceptors (Lipinski definition) is 8. The summed E-state index contributed by atoms with van der Waals surface area (Å²) in [7, 11) is -3.30. The van der Waals surface area contributed by atoms with Gasteiger partial charge in [0, 0.05) is 19.1 Å². The summed E-state index contributed by atoms with van der Waals surface area (Å²) in [5.41, 5.74) is 2.07. The first-order valence-corrected chi connectivity index (χ1v) is 13.9. The van der Waals surface area contributed by atoms with Gasteiger partial charge in [-0.3, -0.25) is 9.78 Å². The Kier molecular flexibility index (Phi) is 6.35. The number of pyridine rings is 1. The first-order chi connectivity index (χ1) is 17.6. The van der Waals surface area contributed by atoms with Crippen molar-refractivity contribution in [2.24, 2.45) is 0 Å². The van der Waals surface area contributed by atoms with Gasteiger partial charge in [-0.2, -0.15) is 10.4 Å². The van der Waals surface area contributed by atoms with Crippen LogP contribution < -0.4 is 5.32 Å². The molecule has 0 atom stereocenters. The average Bonchev–Trinajstić information content (AvgIpc) is 3.51. The van der Waals surface area contributed by atoms with Crippen molar-refractivity contribution >= 4 is 21.4 Å². The Bertz CT molecular complexity index is 1460. The summed E-state index contributed by atoms with van der Waals surface area (Å²) in [5, 5.41) is 17.1. The molecule has 3 heterocycles. The lowest BCUT2D eigenvalue weighted by molar-refractivity contribution is -0.182. The molecule has 10 nitrogen and oxygen atoms in total. The molecular formula is C26H27N5O5S. The van der Waals surface area contributed by atoms with Crippen LogP contribution in [0.4, 0.5) is 5.69 Å². The number of nitrogens with zero attached hydrogens (tertiary/aromatic N) is 4. The van der Waals surface area contributed by atoms with E-state index in [4.69, 9.17) is 9.47 Å². The molecule has 37 heavy (non-hydrogen) atoms. The van der Waals surface area contributed by atoms with Gasteiger partial charge in [0.1, 0.15) is 0 Å². The number of rotatable bonds is 5. The number of anilines is 1. The monoisotopic (exact) mass is 521 g/mol. The number of carbonyl (C=O) groups excluding carboxylic acids is 1. The zero-order chi connectivity index (χ0) is 26.3. The third-order valence-electron chi connectivity index (χ3n) is 7.17. The molecule has 2 fully saturated rings. The molecule has 0 unspecified atom stereocenters. The molecule has 1 aromatic carbocycles. The smallest absolute Gasteiger partial charge is 0.259 e. The summed E-state index contributed by atoms with van der Waals surface area (Å²) in [6.07, 6.45) is 6.63. The van der Waals surface area contributed by atoms with Crippen LogP contribution in [0.3, 0.4) is 0 Å². The third kappa shape index (κ3) is 4.75. The number of carbonyl (C=O) groups is 1. The van der Waals surface area contributed by atoms with Crippen LogP contribution in [0.2, 0.25) is 0 Å². The van der Waals surface area contributed by atoms with E-state index in [1.807, 2.05) is 0 Å².